The third-order valence-electron chi connectivity index (χ3n) is 4.52. The van der Waals surface area contributed by atoms with Crippen molar-refractivity contribution in [2.24, 2.45) is 4.99 Å². The van der Waals surface area contributed by atoms with Crippen LogP contribution in [0.5, 0.6) is 0 Å². The molecule has 2 aromatic rings. The molecule has 1 aliphatic rings. The van der Waals surface area contributed by atoms with Gasteiger partial charge in [0.1, 0.15) is 0 Å². The Bertz CT molecular complexity index is 818. The van der Waals surface area contributed by atoms with E-state index in [0.29, 0.717) is 30.4 Å². The molecule has 29 heavy (non-hydrogen) atoms. The van der Waals surface area contributed by atoms with Crippen molar-refractivity contribution in [2.45, 2.75) is 26.2 Å². The summed E-state index contributed by atoms with van der Waals surface area (Å²) in [7, 11) is 1.71. The smallest absolute Gasteiger partial charge is 0.349 e. The summed E-state index contributed by atoms with van der Waals surface area (Å²) in [5.74, 6) is 1.80. The van der Waals surface area contributed by atoms with Crippen molar-refractivity contribution in [3.05, 3.63) is 47.1 Å². The molecular formula is C18H24F3IN6O. The van der Waals surface area contributed by atoms with Crippen LogP contribution in [0.4, 0.5) is 13.2 Å². The highest BCUT2D eigenvalue weighted by atomic mass is 127. The van der Waals surface area contributed by atoms with Crippen LogP contribution in [0.3, 0.4) is 0 Å². The molecule has 1 aliphatic heterocycles. The number of hydrogen-bond donors (Lipinski definition) is 1. The van der Waals surface area contributed by atoms with Crippen LogP contribution in [0.2, 0.25) is 0 Å². The molecule has 0 atom stereocenters. The summed E-state index contributed by atoms with van der Waals surface area (Å²) >= 11 is 0. The molecule has 1 fully saturated rings. The Morgan fingerprint density at radius 3 is 2.55 bits per heavy atom. The van der Waals surface area contributed by atoms with Crippen molar-refractivity contribution < 1.29 is 17.7 Å². The first-order valence-electron chi connectivity index (χ1n) is 8.98. The van der Waals surface area contributed by atoms with Crippen molar-refractivity contribution in [3.63, 3.8) is 0 Å². The molecule has 0 unspecified atom stereocenters. The van der Waals surface area contributed by atoms with E-state index < -0.39 is 11.7 Å². The van der Waals surface area contributed by atoms with Crippen LogP contribution >= 0.6 is 24.0 Å². The van der Waals surface area contributed by atoms with Crippen LogP contribution in [-0.2, 0) is 19.3 Å². The predicted molar refractivity (Wildman–Crippen MR) is 113 cm³/mol. The van der Waals surface area contributed by atoms with Gasteiger partial charge in [-0.3, -0.25) is 9.89 Å². The molecule has 1 saturated heterocycles. The van der Waals surface area contributed by atoms with Crippen molar-refractivity contribution in [3.8, 4) is 0 Å². The summed E-state index contributed by atoms with van der Waals surface area (Å²) < 4.78 is 43.5. The average Bonchev–Trinajstić information content (AvgIpc) is 3.08. The highest BCUT2D eigenvalue weighted by Crippen LogP contribution is 2.29. The predicted octanol–water partition coefficient (Wildman–Crippen LogP) is 2.91. The Hall–Kier alpha value is -1.89. The largest absolute Gasteiger partial charge is 0.416 e. The number of nitrogens with zero attached hydrogens (tertiary/aromatic N) is 5. The minimum absolute atomic E-state index is 0. The fourth-order valence-electron chi connectivity index (χ4n) is 3.13. The number of aryl methyl sites for hydroxylation is 1. The molecule has 0 amide bonds. The number of rotatable bonds is 4. The van der Waals surface area contributed by atoms with Crippen LogP contribution in [0.1, 0.15) is 22.8 Å². The number of guanidine groups is 1. The van der Waals surface area contributed by atoms with E-state index in [0.717, 1.165) is 38.2 Å². The Labute approximate surface area is 184 Å². The normalized spacial score (nSPS) is 15.9. The molecule has 0 bridgehead atoms. The van der Waals surface area contributed by atoms with Gasteiger partial charge in [-0.1, -0.05) is 23.4 Å². The maximum atomic E-state index is 12.9. The molecule has 3 rings (SSSR count). The average molecular weight is 524 g/mol. The summed E-state index contributed by atoms with van der Waals surface area (Å²) in [4.78, 5) is 12.7. The van der Waals surface area contributed by atoms with Gasteiger partial charge < -0.3 is 14.7 Å². The van der Waals surface area contributed by atoms with Crippen molar-refractivity contribution in [1.82, 2.24) is 25.3 Å². The summed E-state index contributed by atoms with van der Waals surface area (Å²) in [5.41, 5.74) is 0.0585. The summed E-state index contributed by atoms with van der Waals surface area (Å²) in [6.45, 7) is 5.56. The van der Waals surface area contributed by atoms with E-state index in [1.807, 2.05) is 0 Å². The Morgan fingerprint density at radius 1 is 1.24 bits per heavy atom. The van der Waals surface area contributed by atoms with Crippen molar-refractivity contribution in [2.75, 3.05) is 33.2 Å². The Morgan fingerprint density at radius 2 is 1.97 bits per heavy atom. The molecule has 1 aromatic heterocycles. The molecule has 160 valence electrons. The van der Waals surface area contributed by atoms with Gasteiger partial charge >= 0.3 is 6.18 Å². The van der Waals surface area contributed by atoms with Crippen LogP contribution in [0, 0.1) is 6.92 Å². The van der Waals surface area contributed by atoms with Crippen LogP contribution in [0.15, 0.2) is 33.8 Å². The lowest BCUT2D eigenvalue weighted by Crippen LogP contribution is -2.52. The minimum atomic E-state index is -4.32. The van der Waals surface area contributed by atoms with Crippen LogP contribution in [0.25, 0.3) is 0 Å². The van der Waals surface area contributed by atoms with Gasteiger partial charge in [-0.05, 0) is 11.6 Å². The number of benzene rings is 1. The van der Waals surface area contributed by atoms with E-state index in [9.17, 15) is 13.2 Å². The van der Waals surface area contributed by atoms with E-state index in [4.69, 9.17) is 4.52 Å². The third kappa shape index (κ3) is 6.56. The topological polar surface area (TPSA) is 69.8 Å². The standard InChI is InChI=1S/C18H23F3N6O.HI/c1-13-24-16(25-28-13)11-23-17(22-2)27-8-6-26(7-9-27)12-14-4-3-5-15(10-14)18(19,20)21;/h3-5,10H,6-9,11-12H2,1-2H3,(H,22,23);1H. The lowest BCUT2D eigenvalue weighted by Gasteiger charge is -2.36. The second kappa shape index (κ2) is 10.2. The number of nitrogens with one attached hydrogen (secondary N) is 1. The first-order chi connectivity index (χ1) is 13.3. The number of hydrogen-bond acceptors (Lipinski definition) is 5. The molecule has 0 radical (unpaired) electrons. The molecule has 1 aromatic carbocycles. The molecule has 1 N–H and O–H groups in total. The van der Waals surface area contributed by atoms with E-state index in [-0.39, 0.29) is 24.0 Å². The fraction of sp³-hybridized carbons (Fsp3) is 0.500. The van der Waals surface area contributed by atoms with Gasteiger partial charge in [0, 0.05) is 46.7 Å². The summed E-state index contributed by atoms with van der Waals surface area (Å²) in [6.07, 6.45) is -4.32. The molecule has 2 heterocycles. The molecule has 0 saturated carbocycles. The number of aliphatic imine (C=N–C) groups is 1. The minimum Gasteiger partial charge on any atom is -0.349 e. The summed E-state index contributed by atoms with van der Waals surface area (Å²) in [5, 5.41) is 7.04. The van der Waals surface area contributed by atoms with Gasteiger partial charge in [-0.2, -0.15) is 18.2 Å². The second-order valence-electron chi connectivity index (χ2n) is 6.59. The first-order valence-corrected chi connectivity index (χ1v) is 8.98. The number of aromatic nitrogens is 2. The molecule has 7 nitrogen and oxygen atoms in total. The Kier molecular flexibility index (Phi) is 8.25. The Balaban J connectivity index is 0.00000300. The van der Waals surface area contributed by atoms with Gasteiger partial charge in [-0.15, -0.1) is 24.0 Å². The van der Waals surface area contributed by atoms with Gasteiger partial charge in [0.25, 0.3) is 0 Å². The molecular weight excluding hydrogens is 500 g/mol. The SMILES string of the molecule is CN=C(NCc1noc(C)n1)N1CCN(Cc2cccc(C(F)(F)F)c2)CC1.I. The number of alkyl halides is 3. The van der Waals surface area contributed by atoms with Gasteiger partial charge in [0.2, 0.25) is 5.89 Å². The lowest BCUT2D eigenvalue weighted by molar-refractivity contribution is -0.137. The molecule has 0 spiro atoms. The summed E-state index contributed by atoms with van der Waals surface area (Å²) in [6, 6.07) is 5.51. The van der Waals surface area contributed by atoms with E-state index >= 15 is 0 Å². The zero-order valence-corrected chi connectivity index (χ0v) is 18.6. The quantitative estimate of drug-likeness (QED) is 0.377. The number of halogens is 4. The van der Waals surface area contributed by atoms with Crippen LogP contribution in [-0.4, -0.2) is 59.1 Å². The highest BCUT2D eigenvalue weighted by Gasteiger charge is 2.30. The van der Waals surface area contributed by atoms with Gasteiger partial charge in [0.15, 0.2) is 11.8 Å². The monoisotopic (exact) mass is 524 g/mol. The molecule has 11 heteroatoms. The van der Waals surface area contributed by atoms with E-state index in [2.05, 4.69) is 30.2 Å². The fourth-order valence-corrected chi connectivity index (χ4v) is 3.13. The van der Waals surface area contributed by atoms with Crippen molar-refractivity contribution in [1.29, 1.82) is 0 Å². The van der Waals surface area contributed by atoms with Gasteiger partial charge in [-0.25, -0.2) is 0 Å². The van der Waals surface area contributed by atoms with E-state index in [1.165, 1.54) is 12.1 Å². The van der Waals surface area contributed by atoms with E-state index in [1.54, 1.807) is 20.0 Å². The second-order valence-corrected chi connectivity index (χ2v) is 6.59. The number of piperazine rings is 1. The maximum Gasteiger partial charge on any atom is 0.416 e. The molecule has 0 aliphatic carbocycles. The maximum absolute atomic E-state index is 12.9. The zero-order chi connectivity index (χ0) is 20.1. The third-order valence-corrected chi connectivity index (χ3v) is 4.52. The first kappa shape index (κ1) is 23.4. The van der Waals surface area contributed by atoms with Crippen molar-refractivity contribution >= 4 is 29.9 Å². The lowest BCUT2D eigenvalue weighted by atomic mass is 10.1. The highest BCUT2D eigenvalue weighted by molar-refractivity contribution is 14.0. The van der Waals surface area contributed by atoms with Gasteiger partial charge in [0.05, 0.1) is 12.1 Å². The zero-order valence-electron chi connectivity index (χ0n) is 16.2. The van der Waals surface area contributed by atoms with Crippen LogP contribution < -0.4 is 5.32 Å².